The smallest absolute Gasteiger partial charge is 0.127 e. The summed E-state index contributed by atoms with van der Waals surface area (Å²) in [6.45, 7) is 6.37. The van der Waals surface area contributed by atoms with Crippen molar-refractivity contribution < 1.29 is 5.11 Å². The zero-order valence-corrected chi connectivity index (χ0v) is 10.6. The molecule has 1 heterocycles. The summed E-state index contributed by atoms with van der Waals surface area (Å²) in [6, 6.07) is 5.38. The van der Waals surface area contributed by atoms with Gasteiger partial charge in [0, 0.05) is 12.7 Å². The molecule has 4 nitrogen and oxygen atoms in total. The van der Waals surface area contributed by atoms with Crippen LogP contribution in [0.1, 0.15) is 32.8 Å². The van der Waals surface area contributed by atoms with Crippen molar-refractivity contribution >= 4 is 5.82 Å². The number of hydrogen-bond acceptors (Lipinski definition) is 4. The quantitative estimate of drug-likeness (QED) is 0.817. The van der Waals surface area contributed by atoms with Crippen molar-refractivity contribution in [3.8, 4) is 6.07 Å². The second kappa shape index (κ2) is 5.65. The summed E-state index contributed by atoms with van der Waals surface area (Å²) in [7, 11) is 0. The van der Waals surface area contributed by atoms with Crippen LogP contribution >= 0.6 is 0 Å². The molecule has 0 aromatic carbocycles. The Hall–Kier alpha value is -1.60. The highest BCUT2D eigenvalue weighted by Crippen LogP contribution is 2.17. The number of anilines is 1. The van der Waals surface area contributed by atoms with E-state index in [0.29, 0.717) is 23.8 Å². The third kappa shape index (κ3) is 4.83. The van der Waals surface area contributed by atoms with Crippen LogP contribution < -0.4 is 5.32 Å². The molecular formula is C13H19N3O. The molecule has 0 radical (unpaired) electrons. The molecule has 0 spiro atoms. The Labute approximate surface area is 102 Å². The Bertz CT molecular complexity index is 407. The lowest BCUT2D eigenvalue weighted by Crippen LogP contribution is -2.35. The highest BCUT2D eigenvalue weighted by molar-refractivity contribution is 5.42. The lowest BCUT2D eigenvalue weighted by Gasteiger charge is -2.25. The molecule has 0 amide bonds. The molecule has 1 atom stereocenters. The molecule has 0 bridgehead atoms. The molecule has 0 aliphatic heterocycles. The molecule has 1 aromatic rings. The van der Waals surface area contributed by atoms with E-state index in [9.17, 15) is 5.11 Å². The molecule has 0 aliphatic carbocycles. The normalized spacial score (nSPS) is 14.1. The van der Waals surface area contributed by atoms with Gasteiger partial charge in [-0.2, -0.15) is 5.26 Å². The fraction of sp³-hybridized carbons (Fsp3) is 0.538. The SMILES string of the molecule is CC(C)CC(C)(O)CNc1cc(C#N)ccn1. The molecule has 17 heavy (non-hydrogen) atoms. The van der Waals surface area contributed by atoms with Crippen molar-refractivity contribution in [2.45, 2.75) is 32.8 Å². The van der Waals surface area contributed by atoms with Crippen LogP contribution in [-0.2, 0) is 0 Å². The molecule has 0 saturated carbocycles. The van der Waals surface area contributed by atoms with Crippen LogP contribution in [0.2, 0.25) is 0 Å². The number of nitrogens with one attached hydrogen (secondary N) is 1. The first-order valence-electron chi connectivity index (χ1n) is 5.75. The summed E-state index contributed by atoms with van der Waals surface area (Å²) >= 11 is 0. The molecule has 0 aliphatic rings. The minimum absolute atomic E-state index is 0.424. The Morgan fingerprint density at radius 3 is 2.88 bits per heavy atom. The number of nitriles is 1. The van der Waals surface area contributed by atoms with E-state index < -0.39 is 5.60 Å². The first kappa shape index (κ1) is 13.5. The van der Waals surface area contributed by atoms with Gasteiger partial charge < -0.3 is 10.4 Å². The van der Waals surface area contributed by atoms with Crippen LogP contribution in [0.5, 0.6) is 0 Å². The maximum Gasteiger partial charge on any atom is 0.127 e. The van der Waals surface area contributed by atoms with Gasteiger partial charge in [0.25, 0.3) is 0 Å². The van der Waals surface area contributed by atoms with E-state index in [4.69, 9.17) is 5.26 Å². The zero-order valence-electron chi connectivity index (χ0n) is 10.6. The monoisotopic (exact) mass is 233 g/mol. The van der Waals surface area contributed by atoms with E-state index in [-0.39, 0.29) is 0 Å². The van der Waals surface area contributed by atoms with Gasteiger partial charge in [0.1, 0.15) is 5.82 Å². The Kier molecular flexibility index (Phi) is 4.47. The summed E-state index contributed by atoms with van der Waals surface area (Å²) < 4.78 is 0. The zero-order chi connectivity index (χ0) is 12.9. The molecule has 0 saturated heterocycles. The predicted octanol–water partition coefficient (Wildman–Crippen LogP) is 2.16. The minimum atomic E-state index is -0.765. The Balaban J connectivity index is 2.58. The van der Waals surface area contributed by atoms with Gasteiger partial charge in [-0.05, 0) is 31.4 Å². The maximum atomic E-state index is 10.1. The van der Waals surface area contributed by atoms with Crippen molar-refractivity contribution in [2.75, 3.05) is 11.9 Å². The molecule has 2 N–H and O–H groups in total. The summed E-state index contributed by atoms with van der Waals surface area (Å²) in [5.74, 6) is 1.05. The van der Waals surface area contributed by atoms with Gasteiger partial charge in [0.15, 0.2) is 0 Å². The summed E-state index contributed by atoms with van der Waals surface area (Å²) in [4.78, 5) is 4.10. The van der Waals surface area contributed by atoms with Crippen LogP contribution in [0.3, 0.4) is 0 Å². The van der Waals surface area contributed by atoms with Gasteiger partial charge in [-0.25, -0.2) is 4.98 Å². The molecule has 1 rings (SSSR count). The van der Waals surface area contributed by atoms with Gasteiger partial charge in [0.05, 0.1) is 17.2 Å². The summed E-state index contributed by atoms with van der Waals surface area (Å²) in [5.41, 5.74) is -0.204. The number of hydrogen-bond donors (Lipinski definition) is 2. The lowest BCUT2D eigenvalue weighted by atomic mass is 9.94. The van der Waals surface area contributed by atoms with Crippen LogP contribution in [0, 0.1) is 17.2 Å². The van der Waals surface area contributed by atoms with E-state index in [1.807, 2.05) is 0 Å². The van der Waals surface area contributed by atoms with Crippen molar-refractivity contribution in [3.05, 3.63) is 23.9 Å². The topological polar surface area (TPSA) is 68.9 Å². The van der Waals surface area contributed by atoms with E-state index in [1.54, 1.807) is 25.3 Å². The fourth-order valence-electron chi connectivity index (χ4n) is 1.83. The number of nitrogens with zero attached hydrogens (tertiary/aromatic N) is 2. The van der Waals surface area contributed by atoms with Gasteiger partial charge >= 0.3 is 0 Å². The van der Waals surface area contributed by atoms with E-state index in [2.05, 4.69) is 30.2 Å². The van der Waals surface area contributed by atoms with Crippen LogP contribution in [0.15, 0.2) is 18.3 Å². The van der Waals surface area contributed by atoms with Crippen LogP contribution in [0.25, 0.3) is 0 Å². The summed E-state index contributed by atoms with van der Waals surface area (Å²) in [5, 5.41) is 21.9. The second-order valence-corrected chi connectivity index (χ2v) is 4.99. The standard InChI is InChI=1S/C13H19N3O/c1-10(2)7-13(3,17)9-16-12-6-11(8-14)4-5-15-12/h4-6,10,17H,7,9H2,1-3H3,(H,15,16). The summed E-state index contributed by atoms with van der Waals surface area (Å²) in [6.07, 6.45) is 2.30. The van der Waals surface area contributed by atoms with Gasteiger partial charge in [0.2, 0.25) is 0 Å². The van der Waals surface area contributed by atoms with Crippen LogP contribution in [-0.4, -0.2) is 22.2 Å². The van der Waals surface area contributed by atoms with Gasteiger partial charge in [-0.1, -0.05) is 13.8 Å². The average Bonchev–Trinajstić information content (AvgIpc) is 2.25. The lowest BCUT2D eigenvalue weighted by molar-refractivity contribution is 0.0515. The molecule has 4 heteroatoms. The molecular weight excluding hydrogens is 214 g/mol. The third-order valence-electron chi connectivity index (χ3n) is 2.39. The van der Waals surface area contributed by atoms with E-state index in [1.165, 1.54) is 0 Å². The first-order chi connectivity index (χ1) is 7.93. The molecule has 1 unspecified atom stereocenters. The van der Waals surface area contributed by atoms with Crippen molar-refractivity contribution in [2.24, 2.45) is 5.92 Å². The van der Waals surface area contributed by atoms with Crippen molar-refractivity contribution in [3.63, 3.8) is 0 Å². The molecule has 1 aromatic heterocycles. The third-order valence-corrected chi connectivity index (χ3v) is 2.39. The number of pyridine rings is 1. The number of aromatic nitrogens is 1. The fourth-order valence-corrected chi connectivity index (χ4v) is 1.83. The highest BCUT2D eigenvalue weighted by atomic mass is 16.3. The molecule has 0 fully saturated rings. The van der Waals surface area contributed by atoms with Crippen LogP contribution in [0.4, 0.5) is 5.82 Å². The van der Waals surface area contributed by atoms with E-state index in [0.717, 1.165) is 6.42 Å². The van der Waals surface area contributed by atoms with E-state index >= 15 is 0 Å². The first-order valence-corrected chi connectivity index (χ1v) is 5.75. The Morgan fingerprint density at radius 2 is 2.29 bits per heavy atom. The highest BCUT2D eigenvalue weighted by Gasteiger charge is 2.21. The Morgan fingerprint density at radius 1 is 1.59 bits per heavy atom. The maximum absolute atomic E-state index is 10.1. The van der Waals surface area contributed by atoms with Crippen molar-refractivity contribution in [1.29, 1.82) is 5.26 Å². The second-order valence-electron chi connectivity index (χ2n) is 4.99. The van der Waals surface area contributed by atoms with Gasteiger partial charge in [-0.3, -0.25) is 0 Å². The minimum Gasteiger partial charge on any atom is -0.388 e. The van der Waals surface area contributed by atoms with Crippen molar-refractivity contribution in [1.82, 2.24) is 4.98 Å². The molecule has 92 valence electrons. The number of rotatable bonds is 5. The van der Waals surface area contributed by atoms with Gasteiger partial charge in [-0.15, -0.1) is 0 Å². The average molecular weight is 233 g/mol. The largest absolute Gasteiger partial charge is 0.388 e. The number of aliphatic hydroxyl groups is 1. The predicted molar refractivity (Wildman–Crippen MR) is 67.5 cm³/mol.